The van der Waals surface area contributed by atoms with Gasteiger partial charge in [-0.25, -0.2) is 13.1 Å². The second-order valence-corrected chi connectivity index (χ2v) is 7.80. The fourth-order valence-corrected chi connectivity index (χ4v) is 3.89. The Bertz CT molecular complexity index is 1010. The highest BCUT2D eigenvalue weighted by molar-refractivity contribution is 7.89. The standard InChI is InChI=1S/C19H20N2O3S/c1-13-6-4-5-7-17(13)12-20-25(22,23)19-9-8-16(10-14(19)2)18-11-15(3)21-24-18/h4-11,20H,12H2,1-3H3. The number of benzene rings is 2. The van der Waals surface area contributed by atoms with Crippen LogP contribution < -0.4 is 4.72 Å². The van der Waals surface area contributed by atoms with Crippen molar-refractivity contribution in [2.24, 2.45) is 0 Å². The van der Waals surface area contributed by atoms with Crippen molar-refractivity contribution >= 4 is 10.0 Å². The molecule has 0 aliphatic rings. The van der Waals surface area contributed by atoms with Crippen molar-refractivity contribution in [3.8, 4) is 11.3 Å². The predicted molar refractivity (Wildman–Crippen MR) is 96.6 cm³/mol. The molecule has 3 aromatic rings. The summed E-state index contributed by atoms with van der Waals surface area (Å²) in [7, 11) is -3.60. The summed E-state index contributed by atoms with van der Waals surface area (Å²) in [5.41, 5.74) is 4.25. The van der Waals surface area contributed by atoms with Crippen molar-refractivity contribution in [3.05, 3.63) is 70.9 Å². The maximum atomic E-state index is 12.6. The lowest BCUT2D eigenvalue weighted by atomic mass is 10.1. The SMILES string of the molecule is Cc1cc(-c2ccc(S(=O)(=O)NCc3ccccc3C)c(C)c2)on1. The molecule has 6 heteroatoms. The van der Waals surface area contributed by atoms with Gasteiger partial charge in [-0.05, 0) is 55.7 Å². The van der Waals surface area contributed by atoms with Crippen molar-refractivity contribution in [3.63, 3.8) is 0 Å². The van der Waals surface area contributed by atoms with Gasteiger partial charge in [-0.15, -0.1) is 0 Å². The molecular formula is C19H20N2O3S. The molecule has 0 aliphatic carbocycles. The lowest BCUT2D eigenvalue weighted by Gasteiger charge is -2.11. The quantitative estimate of drug-likeness (QED) is 0.756. The van der Waals surface area contributed by atoms with Crippen LogP contribution in [0.1, 0.15) is 22.4 Å². The van der Waals surface area contributed by atoms with E-state index in [1.807, 2.05) is 44.2 Å². The molecule has 0 fully saturated rings. The molecule has 0 amide bonds. The molecule has 0 unspecified atom stereocenters. The maximum absolute atomic E-state index is 12.6. The van der Waals surface area contributed by atoms with Crippen LogP contribution in [-0.4, -0.2) is 13.6 Å². The molecular weight excluding hydrogens is 336 g/mol. The van der Waals surface area contributed by atoms with Gasteiger partial charge in [0.15, 0.2) is 5.76 Å². The van der Waals surface area contributed by atoms with Crippen LogP contribution >= 0.6 is 0 Å². The van der Waals surface area contributed by atoms with Gasteiger partial charge in [0, 0.05) is 18.2 Å². The zero-order valence-corrected chi connectivity index (χ0v) is 15.2. The highest BCUT2D eigenvalue weighted by Gasteiger charge is 2.18. The smallest absolute Gasteiger partial charge is 0.241 e. The molecule has 0 spiro atoms. The summed E-state index contributed by atoms with van der Waals surface area (Å²) in [4.78, 5) is 0.265. The van der Waals surface area contributed by atoms with Gasteiger partial charge >= 0.3 is 0 Å². The molecule has 0 bridgehead atoms. The molecule has 0 saturated carbocycles. The Morgan fingerprint density at radius 3 is 2.40 bits per heavy atom. The molecule has 0 atom stereocenters. The van der Waals surface area contributed by atoms with E-state index >= 15 is 0 Å². The molecule has 0 saturated heterocycles. The number of sulfonamides is 1. The molecule has 1 aromatic heterocycles. The molecule has 1 heterocycles. The van der Waals surface area contributed by atoms with Gasteiger partial charge < -0.3 is 4.52 Å². The highest BCUT2D eigenvalue weighted by atomic mass is 32.2. The van der Waals surface area contributed by atoms with E-state index in [1.165, 1.54) is 0 Å². The van der Waals surface area contributed by atoms with Crippen LogP contribution in [0.15, 0.2) is 57.9 Å². The Labute approximate surface area is 147 Å². The number of aromatic nitrogens is 1. The van der Waals surface area contributed by atoms with Crippen molar-refractivity contribution in [1.82, 2.24) is 9.88 Å². The summed E-state index contributed by atoms with van der Waals surface area (Å²) in [5.74, 6) is 0.623. The van der Waals surface area contributed by atoms with E-state index in [0.29, 0.717) is 11.3 Å². The lowest BCUT2D eigenvalue weighted by molar-refractivity contribution is 0.427. The number of hydrogen-bond donors (Lipinski definition) is 1. The minimum Gasteiger partial charge on any atom is -0.356 e. The van der Waals surface area contributed by atoms with Crippen LogP contribution in [0.3, 0.4) is 0 Å². The van der Waals surface area contributed by atoms with E-state index in [4.69, 9.17) is 4.52 Å². The van der Waals surface area contributed by atoms with Gasteiger partial charge in [0.25, 0.3) is 0 Å². The molecule has 5 nitrogen and oxygen atoms in total. The molecule has 3 rings (SSSR count). The highest BCUT2D eigenvalue weighted by Crippen LogP contribution is 2.25. The van der Waals surface area contributed by atoms with E-state index in [0.717, 1.165) is 22.4 Å². The summed E-state index contributed by atoms with van der Waals surface area (Å²) in [6.07, 6.45) is 0. The maximum Gasteiger partial charge on any atom is 0.241 e. The van der Waals surface area contributed by atoms with E-state index < -0.39 is 10.0 Å². The topological polar surface area (TPSA) is 72.2 Å². The first-order valence-corrected chi connectivity index (χ1v) is 9.43. The molecule has 25 heavy (non-hydrogen) atoms. The third-order valence-corrected chi connectivity index (χ3v) is 5.65. The molecule has 130 valence electrons. The van der Waals surface area contributed by atoms with Crippen molar-refractivity contribution < 1.29 is 12.9 Å². The van der Waals surface area contributed by atoms with Crippen molar-refractivity contribution in [2.45, 2.75) is 32.2 Å². The Morgan fingerprint density at radius 1 is 1.00 bits per heavy atom. The molecule has 2 aromatic carbocycles. The van der Waals surface area contributed by atoms with Crippen LogP contribution in [-0.2, 0) is 16.6 Å². The lowest BCUT2D eigenvalue weighted by Crippen LogP contribution is -2.24. The number of aryl methyl sites for hydroxylation is 3. The van der Waals surface area contributed by atoms with Gasteiger partial charge in [-0.3, -0.25) is 0 Å². The fraction of sp³-hybridized carbons (Fsp3) is 0.211. The van der Waals surface area contributed by atoms with Gasteiger partial charge in [0.05, 0.1) is 10.6 Å². The largest absolute Gasteiger partial charge is 0.356 e. The van der Waals surface area contributed by atoms with Crippen LogP contribution in [0, 0.1) is 20.8 Å². The number of nitrogens with one attached hydrogen (secondary N) is 1. The first-order chi connectivity index (χ1) is 11.9. The Morgan fingerprint density at radius 2 is 1.76 bits per heavy atom. The summed E-state index contributed by atoms with van der Waals surface area (Å²) in [6, 6.07) is 14.7. The average molecular weight is 356 g/mol. The van der Waals surface area contributed by atoms with Crippen LogP contribution in [0.2, 0.25) is 0 Å². The molecule has 0 radical (unpaired) electrons. The van der Waals surface area contributed by atoms with Gasteiger partial charge in [-0.2, -0.15) is 0 Å². The molecule has 1 N–H and O–H groups in total. The average Bonchev–Trinajstić information content (AvgIpc) is 3.00. The van der Waals surface area contributed by atoms with Gasteiger partial charge in [-0.1, -0.05) is 29.4 Å². The first-order valence-electron chi connectivity index (χ1n) is 7.95. The van der Waals surface area contributed by atoms with Crippen LogP contribution in [0.25, 0.3) is 11.3 Å². The minimum atomic E-state index is -3.60. The Balaban J connectivity index is 1.84. The third kappa shape index (κ3) is 3.81. The summed E-state index contributed by atoms with van der Waals surface area (Å²) < 4.78 is 33.2. The van der Waals surface area contributed by atoms with Crippen molar-refractivity contribution in [2.75, 3.05) is 0 Å². The molecule has 0 aliphatic heterocycles. The predicted octanol–water partition coefficient (Wildman–Crippen LogP) is 3.75. The second-order valence-electron chi connectivity index (χ2n) is 6.06. The van der Waals surface area contributed by atoms with E-state index in [1.54, 1.807) is 25.1 Å². The van der Waals surface area contributed by atoms with Crippen LogP contribution in [0.5, 0.6) is 0 Å². The number of rotatable bonds is 5. The summed E-state index contributed by atoms with van der Waals surface area (Å²) in [6.45, 7) is 5.84. The van der Waals surface area contributed by atoms with Crippen LogP contribution in [0.4, 0.5) is 0 Å². The van der Waals surface area contributed by atoms with E-state index in [-0.39, 0.29) is 11.4 Å². The fourth-order valence-electron chi connectivity index (χ4n) is 2.66. The third-order valence-electron chi connectivity index (χ3n) is 4.09. The summed E-state index contributed by atoms with van der Waals surface area (Å²) in [5, 5.41) is 3.86. The monoisotopic (exact) mass is 356 g/mol. The normalized spacial score (nSPS) is 11.6. The van der Waals surface area contributed by atoms with E-state index in [9.17, 15) is 8.42 Å². The minimum absolute atomic E-state index is 0.261. The van der Waals surface area contributed by atoms with Crippen molar-refractivity contribution in [1.29, 1.82) is 0 Å². The Kier molecular flexibility index (Phi) is 4.74. The second kappa shape index (κ2) is 6.82. The zero-order chi connectivity index (χ0) is 18.0. The number of nitrogens with zero attached hydrogens (tertiary/aromatic N) is 1. The van der Waals surface area contributed by atoms with E-state index in [2.05, 4.69) is 9.88 Å². The number of hydrogen-bond acceptors (Lipinski definition) is 4. The summed E-state index contributed by atoms with van der Waals surface area (Å²) >= 11 is 0. The first kappa shape index (κ1) is 17.4. The Hall–Kier alpha value is -2.44. The zero-order valence-electron chi connectivity index (χ0n) is 14.4. The van der Waals surface area contributed by atoms with Gasteiger partial charge in [0.1, 0.15) is 0 Å². The van der Waals surface area contributed by atoms with Gasteiger partial charge in [0.2, 0.25) is 10.0 Å².